The van der Waals surface area contributed by atoms with Gasteiger partial charge in [0.1, 0.15) is 11.6 Å². The largest absolute Gasteiger partial charge is 0.336 e. The number of nitrogens with zero attached hydrogens (tertiary/aromatic N) is 2. The van der Waals surface area contributed by atoms with Gasteiger partial charge in [-0.05, 0) is 43.0 Å². The number of amides is 2. The number of carbonyl (C=O) groups excluding carboxylic acids is 2. The summed E-state index contributed by atoms with van der Waals surface area (Å²) in [6.45, 7) is 1.63. The van der Waals surface area contributed by atoms with Crippen LogP contribution in [0.4, 0.5) is 5.82 Å². The maximum Gasteiger partial charge on any atom is 0.245 e. The van der Waals surface area contributed by atoms with E-state index >= 15 is 0 Å². The molecule has 7 nitrogen and oxygen atoms in total. The van der Waals surface area contributed by atoms with Crippen molar-refractivity contribution in [1.82, 2.24) is 9.88 Å². The molecule has 150 valence electrons. The Labute approximate surface area is 165 Å². The van der Waals surface area contributed by atoms with Crippen molar-refractivity contribution in [2.45, 2.75) is 19.8 Å². The van der Waals surface area contributed by atoms with E-state index in [0.29, 0.717) is 18.7 Å². The Balaban J connectivity index is 1.79. The summed E-state index contributed by atoms with van der Waals surface area (Å²) in [4.78, 5) is 29.4. The molecule has 2 amide bonds. The average molecular weight is 404 g/mol. The summed E-state index contributed by atoms with van der Waals surface area (Å²) in [6, 6.07) is 13.1. The molecule has 0 bridgehead atoms. The summed E-state index contributed by atoms with van der Waals surface area (Å²) in [5, 5.41) is 2.59. The molecule has 1 N–H and O–H groups in total. The Kier molecular flexibility index (Phi) is 7.69. The molecule has 8 heteroatoms. The number of nitrogens with one attached hydrogen (secondary N) is 1. The molecule has 28 heavy (non-hydrogen) atoms. The molecule has 0 saturated heterocycles. The molecule has 0 saturated carbocycles. The average Bonchev–Trinajstić information content (AvgIpc) is 2.62. The Morgan fingerprint density at radius 1 is 1.14 bits per heavy atom. The van der Waals surface area contributed by atoms with Crippen molar-refractivity contribution in [1.29, 1.82) is 0 Å². The quantitative estimate of drug-likeness (QED) is 0.689. The third kappa shape index (κ3) is 7.48. The molecular formula is C20H25N3O4S. The van der Waals surface area contributed by atoms with Gasteiger partial charge in [0.25, 0.3) is 0 Å². The van der Waals surface area contributed by atoms with Crippen molar-refractivity contribution < 1.29 is 18.0 Å². The maximum absolute atomic E-state index is 12.2. The summed E-state index contributed by atoms with van der Waals surface area (Å²) >= 11 is 0. The molecule has 1 aromatic heterocycles. The lowest BCUT2D eigenvalue weighted by Crippen LogP contribution is -2.38. The van der Waals surface area contributed by atoms with E-state index in [0.717, 1.165) is 16.0 Å². The standard InChI is InChI=1S/C20H25N3O4S/c1-16-10-11-21-18(13-16)22-19(24)14-23(2)20(25)15-28(26,27)12-6-9-17-7-4-3-5-8-17/h3-5,7-8,10-11,13H,6,9,12,14-15H2,1-2H3,(H,21,22,24). The van der Waals surface area contributed by atoms with Crippen molar-refractivity contribution in [3.05, 3.63) is 59.8 Å². The van der Waals surface area contributed by atoms with Crippen LogP contribution in [0.2, 0.25) is 0 Å². The molecule has 0 unspecified atom stereocenters. The second kappa shape index (κ2) is 9.98. The fourth-order valence-corrected chi connectivity index (χ4v) is 3.93. The van der Waals surface area contributed by atoms with Crippen LogP contribution in [0.5, 0.6) is 0 Å². The first kappa shape index (κ1) is 21.6. The van der Waals surface area contributed by atoms with E-state index in [9.17, 15) is 18.0 Å². The molecule has 0 aliphatic rings. The van der Waals surface area contributed by atoms with Gasteiger partial charge >= 0.3 is 0 Å². The van der Waals surface area contributed by atoms with Crippen LogP contribution in [-0.2, 0) is 25.8 Å². The molecule has 0 atom stereocenters. The number of benzene rings is 1. The van der Waals surface area contributed by atoms with Gasteiger partial charge in [-0.15, -0.1) is 0 Å². The van der Waals surface area contributed by atoms with Gasteiger partial charge in [-0.3, -0.25) is 9.59 Å². The SMILES string of the molecule is Cc1ccnc(NC(=O)CN(C)C(=O)CS(=O)(=O)CCCc2ccccc2)c1. The Bertz CT molecular complexity index is 914. The van der Waals surface area contributed by atoms with Crippen LogP contribution in [0.1, 0.15) is 17.5 Å². The summed E-state index contributed by atoms with van der Waals surface area (Å²) in [6.07, 6.45) is 2.65. The van der Waals surface area contributed by atoms with Crippen LogP contribution >= 0.6 is 0 Å². The zero-order chi connectivity index (χ0) is 20.6. The van der Waals surface area contributed by atoms with Crippen molar-refractivity contribution in [3.63, 3.8) is 0 Å². The number of aromatic nitrogens is 1. The lowest BCUT2D eigenvalue weighted by molar-refractivity contribution is -0.131. The third-order valence-electron chi connectivity index (χ3n) is 4.10. The van der Waals surface area contributed by atoms with Crippen molar-refractivity contribution in [3.8, 4) is 0 Å². The van der Waals surface area contributed by atoms with E-state index in [1.807, 2.05) is 37.3 Å². The molecule has 1 heterocycles. The highest BCUT2D eigenvalue weighted by Crippen LogP contribution is 2.07. The second-order valence-corrected chi connectivity index (χ2v) is 8.88. The predicted octanol–water partition coefficient (Wildman–Crippen LogP) is 1.83. The first-order valence-corrected chi connectivity index (χ1v) is 10.8. The molecule has 0 spiro atoms. The van der Waals surface area contributed by atoms with Crippen LogP contribution in [0.15, 0.2) is 48.7 Å². The molecule has 0 aliphatic carbocycles. The number of aryl methyl sites for hydroxylation is 2. The van der Waals surface area contributed by atoms with Crippen molar-refractivity contribution in [2.24, 2.45) is 0 Å². The molecular weight excluding hydrogens is 378 g/mol. The number of hydrogen-bond acceptors (Lipinski definition) is 5. The van der Waals surface area contributed by atoms with Gasteiger partial charge in [0.05, 0.1) is 12.3 Å². The fraction of sp³-hybridized carbons (Fsp3) is 0.350. The number of hydrogen-bond donors (Lipinski definition) is 1. The van der Waals surface area contributed by atoms with Gasteiger partial charge in [-0.25, -0.2) is 13.4 Å². The molecule has 0 fully saturated rings. The molecule has 0 radical (unpaired) electrons. The molecule has 2 aromatic rings. The van der Waals surface area contributed by atoms with Crippen molar-refractivity contribution in [2.75, 3.05) is 30.4 Å². The second-order valence-electron chi connectivity index (χ2n) is 6.70. The minimum atomic E-state index is -3.53. The molecule has 0 aliphatic heterocycles. The number of carbonyl (C=O) groups is 2. The first-order valence-electron chi connectivity index (χ1n) is 8.96. The Morgan fingerprint density at radius 3 is 2.54 bits per heavy atom. The highest BCUT2D eigenvalue weighted by Gasteiger charge is 2.21. The number of likely N-dealkylation sites (N-methyl/N-ethyl adjacent to an activating group) is 1. The lowest BCUT2D eigenvalue weighted by Gasteiger charge is -2.16. The normalized spacial score (nSPS) is 11.1. The van der Waals surface area contributed by atoms with Gasteiger partial charge in [-0.1, -0.05) is 30.3 Å². The van der Waals surface area contributed by atoms with Gasteiger partial charge in [-0.2, -0.15) is 0 Å². The minimum absolute atomic E-state index is 0.0686. The monoisotopic (exact) mass is 403 g/mol. The van der Waals surface area contributed by atoms with Crippen LogP contribution < -0.4 is 5.32 Å². The summed E-state index contributed by atoms with van der Waals surface area (Å²) in [5.41, 5.74) is 2.00. The molecule has 1 aromatic carbocycles. The number of anilines is 1. The van der Waals surface area contributed by atoms with Crippen LogP contribution in [0.25, 0.3) is 0 Å². The van der Waals surface area contributed by atoms with E-state index in [4.69, 9.17) is 0 Å². The highest BCUT2D eigenvalue weighted by molar-refractivity contribution is 7.92. The predicted molar refractivity (Wildman–Crippen MR) is 109 cm³/mol. The third-order valence-corrected chi connectivity index (χ3v) is 5.69. The zero-order valence-electron chi connectivity index (χ0n) is 16.1. The van der Waals surface area contributed by atoms with Gasteiger partial charge < -0.3 is 10.2 Å². The fourth-order valence-electron chi connectivity index (χ4n) is 2.60. The van der Waals surface area contributed by atoms with E-state index in [2.05, 4.69) is 10.3 Å². The summed E-state index contributed by atoms with van der Waals surface area (Å²) in [5.74, 6) is -1.32. The topological polar surface area (TPSA) is 96.4 Å². The summed E-state index contributed by atoms with van der Waals surface area (Å²) in [7, 11) is -2.12. The Morgan fingerprint density at radius 2 is 1.86 bits per heavy atom. The summed E-state index contributed by atoms with van der Waals surface area (Å²) < 4.78 is 24.4. The van der Waals surface area contributed by atoms with Crippen LogP contribution in [0, 0.1) is 6.92 Å². The van der Waals surface area contributed by atoms with Gasteiger partial charge in [0.15, 0.2) is 9.84 Å². The van der Waals surface area contributed by atoms with Crippen LogP contribution in [0.3, 0.4) is 0 Å². The number of rotatable bonds is 9. The van der Waals surface area contributed by atoms with E-state index < -0.39 is 27.4 Å². The first-order chi connectivity index (χ1) is 13.2. The number of sulfone groups is 1. The lowest BCUT2D eigenvalue weighted by atomic mass is 10.1. The van der Waals surface area contributed by atoms with E-state index in [-0.39, 0.29) is 12.3 Å². The van der Waals surface area contributed by atoms with Crippen LogP contribution in [-0.4, -0.2) is 55.2 Å². The zero-order valence-corrected chi connectivity index (χ0v) is 16.9. The van der Waals surface area contributed by atoms with Crippen molar-refractivity contribution >= 4 is 27.5 Å². The highest BCUT2D eigenvalue weighted by atomic mass is 32.2. The Hall–Kier alpha value is -2.74. The minimum Gasteiger partial charge on any atom is -0.336 e. The van der Waals surface area contributed by atoms with E-state index in [1.54, 1.807) is 18.3 Å². The van der Waals surface area contributed by atoms with Gasteiger partial charge in [0, 0.05) is 13.2 Å². The van der Waals surface area contributed by atoms with E-state index in [1.165, 1.54) is 7.05 Å². The maximum atomic E-state index is 12.2. The molecule has 2 rings (SSSR count). The smallest absolute Gasteiger partial charge is 0.245 e. The number of pyridine rings is 1. The van der Waals surface area contributed by atoms with Gasteiger partial charge in [0.2, 0.25) is 11.8 Å².